The quantitative estimate of drug-likeness (QED) is 0.818. The van der Waals surface area contributed by atoms with Gasteiger partial charge in [-0.1, -0.05) is 19.1 Å². The van der Waals surface area contributed by atoms with Crippen LogP contribution in [-0.2, 0) is 26.0 Å². The molecule has 0 spiro atoms. The van der Waals surface area contributed by atoms with Crippen molar-refractivity contribution in [2.24, 2.45) is 0 Å². The van der Waals surface area contributed by atoms with Gasteiger partial charge >= 0.3 is 0 Å². The van der Waals surface area contributed by atoms with E-state index < -0.39 is 16.1 Å². The van der Waals surface area contributed by atoms with E-state index >= 15 is 0 Å². The van der Waals surface area contributed by atoms with E-state index in [1.807, 2.05) is 19.1 Å². The first-order chi connectivity index (χ1) is 11.5. The van der Waals surface area contributed by atoms with Gasteiger partial charge in [0.2, 0.25) is 15.9 Å². The Hall–Kier alpha value is -1.44. The van der Waals surface area contributed by atoms with E-state index in [0.717, 1.165) is 12.0 Å². The van der Waals surface area contributed by atoms with Gasteiger partial charge in [-0.15, -0.1) is 0 Å². The molecule has 0 radical (unpaired) electrons. The monoisotopic (exact) mass is 352 g/mol. The summed E-state index contributed by atoms with van der Waals surface area (Å²) in [7, 11) is -3.64. The maximum atomic E-state index is 13.0. The molecule has 0 aromatic heterocycles. The molecule has 2 aliphatic rings. The van der Waals surface area contributed by atoms with E-state index in [0.29, 0.717) is 45.7 Å². The number of rotatable bonds is 4. The molecule has 7 heteroatoms. The van der Waals surface area contributed by atoms with E-state index in [1.165, 1.54) is 4.31 Å². The second-order valence-electron chi connectivity index (χ2n) is 6.21. The van der Waals surface area contributed by atoms with Crippen LogP contribution in [0.3, 0.4) is 0 Å². The molecule has 0 aliphatic carbocycles. The van der Waals surface area contributed by atoms with Gasteiger partial charge in [-0.25, -0.2) is 8.42 Å². The fourth-order valence-corrected chi connectivity index (χ4v) is 4.95. The number of hydrogen-bond donors (Lipinski definition) is 0. The largest absolute Gasteiger partial charge is 0.378 e. The molecule has 24 heavy (non-hydrogen) atoms. The van der Waals surface area contributed by atoms with Crippen LogP contribution in [0.1, 0.15) is 25.3 Å². The number of benzene rings is 1. The molecule has 0 saturated carbocycles. The highest BCUT2D eigenvalue weighted by Gasteiger charge is 2.41. The van der Waals surface area contributed by atoms with Gasteiger partial charge in [0.05, 0.1) is 18.1 Å². The topological polar surface area (TPSA) is 66.9 Å². The molecule has 2 aliphatic heterocycles. The van der Waals surface area contributed by atoms with Crippen LogP contribution in [0.15, 0.2) is 29.2 Å². The van der Waals surface area contributed by atoms with Gasteiger partial charge < -0.3 is 9.64 Å². The number of hydrogen-bond acceptors (Lipinski definition) is 4. The third kappa shape index (κ3) is 3.34. The summed E-state index contributed by atoms with van der Waals surface area (Å²) in [5.41, 5.74) is 1.09. The summed E-state index contributed by atoms with van der Waals surface area (Å²) >= 11 is 0. The second-order valence-corrected chi connectivity index (χ2v) is 8.10. The molecule has 1 atom stereocenters. The van der Waals surface area contributed by atoms with Crippen molar-refractivity contribution in [1.82, 2.24) is 9.21 Å². The summed E-state index contributed by atoms with van der Waals surface area (Å²) in [6.07, 6.45) is 2.16. The average Bonchev–Trinajstić information content (AvgIpc) is 3.12. The Balaban J connectivity index is 1.81. The first kappa shape index (κ1) is 17.4. The number of nitrogens with zero attached hydrogens (tertiary/aromatic N) is 2. The fourth-order valence-electron chi connectivity index (χ4n) is 3.30. The lowest BCUT2D eigenvalue weighted by atomic mass is 10.2. The lowest BCUT2D eigenvalue weighted by Crippen LogP contribution is -2.50. The molecule has 1 aromatic rings. The Labute approximate surface area is 143 Å². The van der Waals surface area contributed by atoms with Gasteiger partial charge in [0.1, 0.15) is 6.04 Å². The molecule has 2 heterocycles. The van der Waals surface area contributed by atoms with Crippen molar-refractivity contribution in [3.8, 4) is 0 Å². The third-order valence-electron chi connectivity index (χ3n) is 4.75. The van der Waals surface area contributed by atoms with Crippen LogP contribution in [0.5, 0.6) is 0 Å². The van der Waals surface area contributed by atoms with Gasteiger partial charge in [0.15, 0.2) is 0 Å². The van der Waals surface area contributed by atoms with Gasteiger partial charge in [-0.3, -0.25) is 4.79 Å². The van der Waals surface area contributed by atoms with Crippen molar-refractivity contribution in [1.29, 1.82) is 0 Å². The second kappa shape index (κ2) is 7.21. The van der Waals surface area contributed by atoms with Crippen molar-refractivity contribution < 1.29 is 17.9 Å². The SMILES string of the molecule is CCc1ccc(S(=O)(=O)N2CCC[C@@H]2C(=O)N2CCOCC2)cc1. The number of sulfonamides is 1. The minimum Gasteiger partial charge on any atom is -0.378 e. The molecule has 0 bridgehead atoms. The molecular weight excluding hydrogens is 328 g/mol. The molecule has 6 nitrogen and oxygen atoms in total. The van der Waals surface area contributed by atoms with Crippen molar-refractivity contribution in [3.05, 3.63) is 29.8 Å². The summed E-state index contributed by atoms with van der Waals surface area (Å²) in [6, 6.07) is 6.37. The highest BCUT2D eigenvalue weighted by Crippen LogP contribution is 2.27. The Kier molecular flexibility index (Phi) is 5.22. The summed E-state index contributed by atoms with van der Waals surface area (Å²) in [5.74, 6) is -0.0930. The van der Waals surface area contributed by atoms with Crippen LogP contribution in [0.2, 0.25) is 0 Å². The lowest BCUT2D eigenvalue weighted by Gasteiger charge is -2.32. The van der Waals surface area contributed by atoms with Crippen molar-refractivity contribution in [2.45, 2.75) is 37.1 Å². The predicted octanol–water partition coefficient (Wildman–Crippen LogP) is 1.26. The smallest absolute Gasteiger partial charge is 0.243 e. The molecule has 3 rings (SSSR count). The van der Waals surface area contributed by atoms with Crippen LogP contribution in [0.4, 0.5) is 0 Å². The number of carbonyl (C=O) groups excluding carboxylic acids is 1. The molecule has 1 amide bonds. The van der Waals surface area contributed by atoms with Gasteiger partial charge in [0.25, 0.3) is 0 Å². The zero-order chi connectivity index (χ0) is 17.2. The fraction of sp³-hybridized carbons (Fsp3) is 0.588. The van der Waals surface area contributed by atoms with E-state index in [2.05, 4.69) is 0 Å². The van der Waals surface area contributed by atoms with E-state index in [-0.39, 0.29) is 10.8 Å². The summed E-state index contributed by atoms with van der Waals surface area (Å²) in [6.45, 7) is 4.54. The Bertz CT molecular complexity index is 681. The lowest BCUT2D eigenvalue weighted by molar-refractivity contribution is -0.138. The van der Waals surface area contributed by atoms with Gasteiger partial charge in [-0.05, 0) is 37.0 Å². The van der Waals surface area contributed by atoms with Crippen molar-refractivity contribution >= 4 is 15.9 Å². The zero-order valence-corrected chi connectivity index (χ0v) is 14.8. The standard InChI is InChI=1S/C17H24N2O4S/c1-2-14-5-7-15(8-6-14)24(21,22)19-9-3-4-16(19)17(20)18-10-12-23-13-11-18/h5-8,16H,2-4,9-13H2,1H3/t16-/m1/s1. The molecular formula is C17H24N2O4S. The van der Waals surface area contributed by atoms with E-state index in [9.17, 15) is 13.2 Å². The van der Waals surface area contributed by atoms with E-state index in [1.54, 1.807) is 17.0 Å². The van der Waals surface area contributed by atoms with Crippen LogP contribution in [-0.4, -0.2) is 62.4 Å². The minimum absolute atomic E-state index is 0.0930. The maximum absolute atomic E-state index is 13.0. The number of amides is 1. The van der Waals surface area contributed by atoms with Crippen molar-refractivity contribution in [2.75, 3.05) is 32.8 Å². The third-order valence-corrected chi connectivity index (χ3v) is 6.67. The molecule has 0 unspecified atom stereocenters. The predicted molar refractivity (Wildman–Crippen MR) is 90.1 cm³/mol. The van der Waals surface area contributed by atoms with Gasteiger partial charge in [-0.2, -0.15) is 4.31 Å². The number of ether oxygens (including phenoxy) is 1. The molecule has 2 fully saturated rings. The average molecular weight is 352 g/mol. The maximum Gasteiger partial charge on any atom is 0.243 e. The molecule has 0 N–H and O–H groups in total. The van der Waals surface area contributed by atoms with Crippen LogP contribution in [0.25, 0.3) is 0 Å². The first-order valence-corrected chi connectivity index (χ1v) is 9.95. The van der Waals surface area contributed by atoms with Crippen LogP contribution in [0, 0.1) is 0 Å². The Morgan fingerprint density at radius 1 is 1.17 bits per heavy atom. The number of carbonyl (C=O) groups is 1. The Morgan fingerprint density at radius 2 is 1.83 bits per heavy atom. The highest BCUT2D eigenvalue weighted by molar-refractivity contribution is 7.89. The normalized spacial score (nSPS) is 22.7. The van der Waals surface area contributed by atoms with Crippen LogP contribution < -0.4 is 0 Å². The summed E-state index contributed by atoms with van der Waals surface area (Å²) in [4.78, 5) is 14.7. The summed E-state index contributed by atoms with van der Waals surface area (Å²) < 4.78 is 32.6. The van der Waals surface area contributed by atoms with Gasteiger partial charge in [0, 0.05) is 19.6 Å². The molecule has 132 valence electrons. The highest BCUT2D eigenvalue weighted by atomic mass is 32.2. The first-order valence-electron chi connectivity index (χ1n) is 8.51. The zero-order valence-electron chi connectivity index (χ0n) is 14.0. The summed E-state index contributed by atoms with van der Waals surface area (Å²) in [5, 5.41) is 0. The molecule has 2 saturated heterocycles. The van der Waals surface area contributed by atoms with E-state index in [4.69, 9.17) is 4.74 Å². The molecule has 1 aromatic carbocycles. The Morgan fingerprint density at radius 3 is 2.46 bits per heavy atom. The van der Waals surface area contributed by atoms with Crippen molar-refractivity contribution in [3.63, 3.8) is 0 Å². The number of aryl methyl sites for hydroxylation is 1. The van der Waals surface area contributed by atoms with Crippen LogP contribution >= 0.6 is 0 Å². The minimum atomic E-state index is -3.64. The number of morpholine rings is 1.